The van der Waals surface area contributed by atoms with Crippen LogP contribution < -0.4 is 10.6 Å². The van der Waals surface area contributed by atoms with Crippen LogP contribution in [-0.2, 0) is 4.74 Å². The molecule has 2 unspecified atom stereocenters. The monoisotopic (exact) mass is 296 g/mol. The molecule has 2 atom stereocenters. The topological polar surface area (TPSA) is 48.9 Å². The number of ether oxygens (including phenoxy) is 1. The molecule has 122 valence electrons. The van der Waals surface area contributed by atoms with Gasteiger partial charge >= 0.3 is 0 Å². The van der Waals surface area contributed by atoms with Crippen molar-refractivity contribution in [3.63, 3.8) is 0 Å². The molecule has 21 heavy (non-hydrogen) atoms. The average Bonchev–Trinajstić information content (AvgIpc) is 3.02. The lowest BCUT2D eigenvalue weighted by Crippen LogP contribution is -2.44. The summed E-state index contributed by atoms with van der Waals surface area (Å²) in [7, 11) is 1.83. The van der Waals surface area contributed by atoms with Gasteiger partial charge in [-0.25, -0.2) is 0 Å². The van der Waals surface area contributed by atoms with Crippen LogP contribution in [0.4, 0.5) is 0 Å². The highest BCUT2D eigenvalue weighted by Crippen LogP contribution is 2.11. The zero-order chi connectivity index (χ0) is 14.9. The van der Waals surface area contributed by atoms with E-state index >= 15 is 0 Å². The summed E-state index contributed by atoms with van der Waals surface area (Å²) >= 11 is 0. The van der Waals surface area contributed by atoms with Crippen molar-refractivity contribution in [1.82, 2.24) is 15.5 Å². The highest BCUT2D eigenvalue weighted by Gasteiger charge is 2.16. The summed E-state index contributed by atoms with van der Waals surface area (Å²) in [6.45, 7) is 8.80. The number of likely N-dealkylation sites (tertiary alicyclic amines) is 1. The van der Waals surface area contributed by atoms with Crippen molar-refractivity contribution in [2.45, 2.75) is 45.1 Å². The minimum atomic E-state index is 0.356. The Kier molecular flexibility index (Phi) is 7.30. The van der Waals surface area contributed by atoms with Crippen LogP contribution >= 0.6 is 0 Å². The summed E-state index contributed by atoms with van der Waals surface area (Å²) in [6.07, 6.45) is 6.84. The van der Waals surface area contributed by atoms with Crippen molar-refractivity contribution in [3.8, 4) is 0 Å². The number of piperidine rings is 1. The zero-order valence-corrected chi connectivity index (χ0v) is 13.7. The van der Waals surface area contributed by atoms with Crippen LogP contribution in [0, 0.1) is 5.92 Å². The van der Waals surface area contributed by atoms with E-state index in [0.29, 0.717) is 12.0 Å². The molecular weight excluding hydrogens is 264 g/mol. The van der Waals surface area contributed by atoms with E-state index in [9.17, 15) is 0 Å². The SMILES string of the molecule is CN=C(NCC(C)CN1CCCCC1)NCC1CCCO1. The fourth-order valence-corrected chi connectivity index (χ4v) is 3.15. The number of rotatable bonds is 6. The van der Waals surface area contributed by atoms with Gasteiger partial charge in [-0.2, -0.15) is 0 Å². The molecule has 0 bridgehead atoms. The van der Waals surface area contributed by atoms with Gasteiger partial charge in [-0.05, 0) is 44.7 Å². The molecule has 0 aromatic rings. The van der Waals surface area contributed by atoms with E-state index in [1.54, 1.807) is 0 Å². The maximum atomic E-state index is 5.62. The van der Waals surface area contributed by atoms with Gasteiger partial charge in [0.2, 0.25) is 0 Å². The van der Waals surface area contributed by atoms with Crippen LogP contribution in [0.25, 0.3) is 0 Å². The maximum Gasteiger partial charge on any atom is 0.191 e. The lowest BCUT2D eigenvalue weighted by Gasteiger charge is -2.29. The molecule has 0 saturated carbocycles. The van der Waals surface area contributed by atoms with Crippen LogP contribution in [0.3, 0.4) is 0 Å². The Hall–Kier alpha value is -0.810. The number of aliphatic imine (C=N–C) groups is 1. The summed E-state index contributed by atoms with van der Waals surface area (Å²) in [6, 6.07) is 0. The molecule has 5 heteroatoms. The van der Waals surface area contributed by atoms with Crippen LogP contribution in [0.1, 0.15) is 39.0 Å². The standard InChI is InChI=1S/C16H32N4O/c1-14(13-20-8-4-3-5-9-20)11-18-16(17-2)19-12-15-7-6-10-21-15/h14-15H,3-13H2,1-2H3,(H2,17,18,19). The minimum Gasteiger partial charge on any atom is -0.376 e. The molecule has 0 spiro atoms. The third kappa shape index (κ3) is 6.22. The Bertz CT molecular complexity index is 309. The molecule has 2 aliphatic rings. The van der Waals surface area contributed by atoms with Crippen LogP contribution in [0.2, 0.25) is 0 Å². The van der Waals surface area contributed by atoms with E-state index in [4.69, 9.17) is 4.74 Å². The molecule has 0 aromatic carbocycles. The van der Waals surface area contributed by atoms with Gasteiger partial charge in [0.15, 0.2) is 5.96 Å². The van der Waals surface area contributed by atoms with Crippen molar-refractivity contribution in [3.05, 3.63) is 0 Å². The summed E-state index contributed by atoms with van der Waals surface area (Å²) < 4.78 is 5.62. The normalized spacial score (nSPS) is 25.8. The molecule has 2 N–H and O–H groups in total. The number of hydrogen-bond acceptors (Lipinski definition) is 3. The van der Waals surface area contributed by atoms with Gasteiger partial charge in [0.25, 0.3) is 0 Å². The molecule has 0 radical (unpaired) electrons. The molecule has 2 aliphatic heterocycles. The Balaban J connectivity index is 1.60. The molecule has 5 nitrogen and oxygen atoms in total. The minimum absolute atomic E-state index is 0.356. The molecule has 2 heterocycles. The molecule has 0 aromatic heterocycles. The average molecular weight is 296 g/mol. The molecule has 0 aliphatic carbocycles. The van der Waals surface area contributed by atoms with E-state index in [1.165, 1.54) is 45.3 Å². The van der Waals surface area contributed by atoms with Gasteiger partial charge in [0, 0.05) is 33.3 Å². The van der Waals surface area contributed by atoms with Crippen LogP contribution in [0.15, 0.2) is 4.99 Å². The van der Waals surface area contributed by atoms with Crippen LogP contribution in [0.5, 0.6) is 0 Å². The molecule has 2 fully saturated rings. The van der Waals surface area contributed by atoms with Gasteiger partial charge in [-0.1, -0.05) is 13.3 Å². The summed E-state index contributed by atoms with van der Waals surface area (Å²) in [5, 5.41) is 6.81. The molecule has 0 amide bonds. The molecule has 2 saturated heterocycles. The van der Waals surface area contributed by atoms with Gasteiger partial charge in [0.05, 0.1) is 6.10 Å². The molecule has 2 rings (SSSR count). The van der Waals surface area contributed by atoms with Crippen molar-refractivity contribution < 1.29 is 4.74 Å². The predicted octanol–water partition coefficient (Wildman–Crippen LogP) is 1.45. The first-order valence-corrected chi connectivity index (χ1v) is 8.56. The van der Waals surface area contributed by atoms with Gasteiger partial charge in [-0.3, -0.25) is 4.99 Å². The number of guanidine groups is 1. The van der Waals surface area contributed by atoms with E-state index in [1.807, 2.05) is 7.05 Å². The fraction of sp³-hybridized carbons (Fsp3) is 0.938. The number of nitrogens with zero attached hydrogens (tertiary/aromatic N) is 2. The Labute approximate surface area is 129 Å². The van der Waals surface area contributed by atoms with E-state index in [-0.39, 0.29) is 0 Å². The highest BCUT2D eigenvalue weighted by atomic mass is 16.5. The maximum absolute atomic E-state index is 5.62. The van der Waals surface area contributed by atoms with Crippen molar-refractivity contribution >= 4 is 5.96 Å². The number of hydrogen-bond donors (Lipinski definition) is 2. The second-order valence-electron chi connectivity index (χ2n) is 6.44. The third-order valence-corrected chi connectivity index (χ3v) is 4.38. The summed E-state index contributed by atoms with van der Waals surface area (Å²) in [5.41, 5.74) is 0. The quantitative estimate of drug-likeness (QED) is 0.575. The zero-order valence-electron chi connectivity index (χ0n) is 13.7. The fourth-order valence-electron chi connectivity index (χ4n) is 3.15. The van der Waals surface area contributed by atoms with Crippen molar-refractivity contribution in [1.29, 1.82) is 0 Å². The van der Waals surface area contributed by atoms with E-state index in [2.05, 4.69) is 27.4 Å². The third-order valence-electron chi connectivity index (χ3n) is 4.38. The first-order valence-electron chi connectivity index (χ1n) is 8.56. The predicted molar refractivity (Wildman–Crippen MR) is 87.8 cm³/mol. The lowest BCUT2D eigenvalue weighted by molar-refractivity contribution is 0.113. The van der Waals surface area contributed by atoms with E-state index < -0.39 is 0 Å². The summed E-state index contributed by atoms with van der Waals surface area (Å²) in [4.78, 5) is 6.89. The van der Waals surface area contributed by atoms with Gasteiger partial charge < -0.3 is 20.3 Å². The summed E-state index contributed by atoms with van der Waals surface area (Å²) in [5.74, 6) is 1.54. The van der Waals surface area contributed by atoms with E-state index in [0.717, 1.165) is 32.1 Å². The van der Waals surface area contributed by atoms with Crippen molar-refractivity contribution in [2.24, 2.45) is 10.9 Å². The first kappa shape index (κ1) is 16.6. The smallest absolute Gasteiger partial charge is 0.191 e. The Morgan fingerprint density at radius 2 is 2.05 bits per heavy atom. The van der Waals surface area contributed by atoms with Crippen molar-refractivity contribution in [2.75, 3.05) is 46.4 Å². The van der Waals surface area contributed by atoms with Crippen LogP contribution in [-0.4, -0.2) is 63.3 Å². The largest absolute Gasteiger partial charge is 0.376 e. The first-order chi connectivity index (χ1) is 10.3. The number of nitrogens with one attached hydrogen (secondary N) is 2. The molecular formula is C16H32N4O. The lowest BCUT2D eigenvalue weighted by atomic mass is 10.1. The second kappa shape index (κ2) is 9.26. The Morgan fingerprint density at radius 1 is 1.24 bits per heavy atom. The second-order valence-corrected chi connectivity index (χ2v) is 6.44. The highest BCUT2D eigenvalue weighted by molar-refractivity contribution is 5.79. The van der Waals surface area contributed by atoms with Gasteiger partial charge in [-0.15, -0.1) is 0 Å². The van der Waals surface area contributed by atoms with Gasteiger partial charge in [0.1, 0.15) is 0 Å². The Morgan fingerprint density at radius 3 is 2.71 bits per heavy atom.